The second-order valence-corrected chi connectivity index (χ2v) is 5.34. The molecule has 1 heterocycles. The third-order valence-electron chi connectivity index (χ3n) is 3.98. The van der Waals surface area contributed by atoms with Crippen LogP contribution in [0.2, 0.25) is 0 Å². The van der Waals surface area contributed by atoms with Crippen molar-refractivity contribution in [3.8, 4) is 0 Å². The monoisotopic (exact) mass is 276 g/mol. The smallest absolute Gasteiger partial charge is 0.293 e. The van der Waals surface area contributed by atoms with Crippen molar-refractivity contribution in [3.05, 3.63) is 33.9 Å². The van der Waals surface area contributed by atoms with Crippen LogP contribution < -0.4 is 4.90 Å². The summed E-state index contributed by atoms with van der Waals surface area (Å²) in [5, 5.41) is 11.2. The average Bonchev–Trinajstić information content (AvgIpc) is 2.48. The minimum absolute atomic E-state index is 0.0311. The van der Waals surface area contributed by atoms with E-state index >= 15 is 0 Å². The van der Waals surface area contributed by atoms with E-state index in [0.29, 0.717) is 17.5 Å². The topological polar surface area (TPSA) is 63.5 Å². The maximum Gasteiger partial charge on any atom is 0.293 e. The Labute approximate surface area is 118 Å². The molecule has 1 aromatic rings. The summed E-state index contributed by atoms with van der Waals surface area (Å²) >= 11 is 0. The number of hydrogen-bond acceptors (Lipinski definition) is 4. The molecule has 2 rings (SSSR count). The third kappa shape index (κ3) is 3.15. The van der Waals surface area contributed by atoms with E-state index in [1.54, 1.807) is 12.1 Å². The lowest BCUT2D eigenvalue weighted by atomic mass is 9.92. The van der Waals surface area contributed by atoms with Gasteiger partial charge in [-0.2, -0.15) is 0 Å². The molecule has 108 valence electrons. The molecule has 0 amide bonds. The van der Waals surface area contributed by atoms with Gasteiger partial charge in [0.25, 0.3) is 5.69 Å². The molecule has 5 nitrogen and oxygen atoms in total. The standard InChI is InChI=1S/C15H20N2O3/c1-2-3-12-6-8-16(9-7-12)14-5-4-13(11-18)10-15(14)17(19)20/h4-5,10-12H,2-3,6-9H2,1H3. The van der Waals surface area contributed by atoms with Gasteiger partial charge in [-0.3, -0.25) is 14.9 Å². The highest BCUT2D eigenvalue weighted by Crippen LogP contribution is 2.32. The van der Waals surface area contributed by atoms with Gasteiger partial charge in [-0.15, -0.1) is 0 Å². The van der Waals surface area contributed by atoms with Crippen molar-refractivity contribution in [2.24, 2.45) is 5.92 Å². The Balaban J connectivity index is 2.17. The normalized spacial score (nSPS) is 16.1. The van der Waals surface area contributed by atoms with Crippen molar-refractivity contribution in [3.63, 3.8) is 0 Å². The van der Waals surface area contributed by atoms with Crippen molar-refractivity contribution in [2.45, 2.75) is 32.6 Å². The molecular formula is C15H20N2O3. The molecule has 0 bridgehead atoms. The number of rotatable bonds is 5. The van der Waals surface area contributed by atoms with Crippen LogP contribution in [0.15, 0.2) is 18.2 Å². The molecule has 20 heavy (non-hydrogen) atoms. The van der Waals surface area contributed by atoms with Gasteiger partial charge < -0.3 is 4.90 Å². The first-order valence-corrected chi connectivity index (χ1v) is 7.14. The van der Waals surface area contributed by atoms with E-state index in [4.69, 9.17) is 0 Å². The highest BCUT2D eigenvalue weighted by atomic mass is 16.6. The molecule has 0 atom stereocenters. The van der Waals surface area contributed by atoms with Gasteiger partial charge in [0.05, 0.1) is 4.92 Å². The molecule has 1 saturated heterocycles. The second kappa shape index (κ2) is 6.50. The number of anilines is 1. The first kappa shape index (κ1) is 14.5. The minimum atomic E-state index is -0.402. The number of piperidine rings is 1. The lowest BCUT2D eigenvalue weighted by molar-refractivity contribution is -0.384. The summed E-state index contributed by atoms with van der Waals surface area (Å²) in [6.45, 7) is 3.90. The van der Waals surface area contributed by atoms with Crippen molar-refractivity contribution < 1.29 is 9.72 Å². The lowest BCUT2D eigenvalue weighted by Gasteiger charge is -2.33. The van der Waals surface area contributed by atoms with Crippen LogP contribution in [-0.2, 0) is 0 Å². The molecule has 0 saturated carbocycles. The molecular weight excluding hydrogens is 256 g/mol. The summed E-state index contributed by atoms with van der Waals surface area (Å²) in [4.78, 5) is 23.6. The number of aldehydes is 1. The van der Waals surface area contributed by atoms with Gasteiger partial charge in [0, 0.05) is 24.7 Å². The fraction of sp³-hybridized carbons (Fsp3) is 0.533. The number of carbonyl (C=O) groups excluding carboxylic acids is 1. The summed E-state index contributed by atoms with van der Waals surface area (Å²) in [6, 6.07) is 4.70. The zero-order valence-corrected chi connectivity index (χ0v) is 11.7. The molecule has 0 N–H and O–H groups in total. The SMILES string of the molecule is CCCC1CCN(c2ccc(C=O)cc2[N+](=O)[O-])CC1. The largest absolute Gasteiger partial charge is 0.366 e. The molecule has 5 heteroatoms. The Hall–Kier alpha value is -1.91. The Kier molecular flexibility index (Phi) is 4.71. The number of nitro benzene ring substituents is 1. The van der Waals surface area contributed by atoms with Crippen molar-refractivity contribution in [1.29, 1.82) is 0 Å². The molecule has 0 spiro atoms. The summed E-state index contributed by atoms with van der Waals surface area (Å²) in [5.74, 6) is 0.740. The number of hydrogen-bond donors (Lipinski definition) is 0. The van der Waals surface area contributed by atoms with Gasteiger partial charge in [0.1, 0.15) is 12.0 Å². The Bertz CT molecular complexity index is 494. The van der Waals surface area contributed by atoms with Crippen LogP contribution >= 0.6 is 0 Å². The minimum Gasteiger partial charge on any atom is -0.366 e. The lowest BCUT2D eigenvalue weighted by Crippen LogP contribution is -2.34. The van der Waals surface area contributed by atoms with E-state index < -0.39 is 4.92 Å². The summed E-state index contributed by atoms with van der Waals surface area (Å²) in [7, 11) is 0. The molecule has 0 aliphatic carbocycles. The molecule has 0 aromatic heterocycles. The quantitative estimate of drug-likeness (QED) is 0.469. The van der Waals surface area contributed by atoms with Crippen LogP contribution in [-0.4, -0.2) is 24.3 Å². The molecule has 0 unspecified atom stereocenters. The van der Waals surface area contributed by atoms with Crippen LogP contribution in [0, 0.1) is 16.0 Å². The van der Waals surface area contributed by atoms with E-state index in [1.807, 2.05) is 0 Å². The third-order valence-corrected chi connectivity index (χ3v) is 3.98. The van der Waals surface area contributed by atoms with Gasteiger partial charge in [-0.25, -0.2) is 0 Å². The number of carbonyl (C=O) groups is 1. The maximum absolute atomic E-state index is 11.2. The zero-order chi connectivity index (χ0) is 14.5. The molecule has 0 radical (unpaired) electrons. The average molecular weight is 276 g/mol. The van der Waals surface area contributed by atoms with Crippen LogP contribution in [0.4, 0.5) is 11.4 Å². The predicted octanol–water partition coefficient (Wildman–Crippen LogP) is 3.42. The van der Waals surface area contributed by atoms with Gasteiger partial charge in [-0.1, -0.05) is 19.8 Å². The molecule has 1 aromatic carbocycles. The highest BCUT2D eigenvalue weighted by Gasteiger charge is 2.24. The van der Waals surface area contributed by atoms with Crippen LogP contribution in [0.25, 0.3) is 0 Å². The number of nitrogens with zero attached hydrogens (tertiary/aromatic N) is 2. The Morgan fingerprint density at radius 1 is 1.40 bits per heavy atom. The first-order valence-electron chi connectivity index (χ1n) is 7.14. The van der Waals surface area contributed by atoms with Crippen LogP contribution in [0.5, 0.6) is 0 Å². The van der Waals surface area contributed by atoms with E-state index in [-0.39, 0.29) is 5.69 Å². The van der Waals surface area contributed by atoms with Crippen LogP contribution in [0.1, 0.15) is 43.0 Å². The fourth-order valence-corrected chi connectivity index (χ4v) is 2.90. The van der Waals surface area contributed by atoms with Crippen LogP contribution in [0.3, 0.4) is 0 Å². The maximum atomic E-state index is 11.2. The Morgan fingerprint density at radius 2 is 2.10 bits per heavy atom. The van der Waals surface area contributed by atoms with Crippen molar-refractivity contribution in [2.75, 3.05) is 18.0 Å². The number of nitro groups is 1. The van der Waals surface area contributed by atoms with Crippen molar-refractivity contribution in [1.82, 2.24) is 0 Å². The molecule has 1 aliphatic heterocycles. The van der Waals surface area contributed by atoms with Gasteiger partial charge in [-0.05, 0) is 30.9 Å². The number of benzene rings is 1. The van der Waals surface area contributed by atoms with E-state index in [0.717, 1.165) is 31.8 Å². The van der Waals surface area contributed by atoms with E-state index in [9.17, 15) is 14.9 Å². The summed E-state index contributed by atoms with van der Waals surface area (Å²) in [5.41, 5.74) is 1.01. The Morgan fingerprint density at radius 3 is 2.65 bits per heavy atom. The summed E-state index contributed by atoms with van der Waals surface area (Å²) < 4.78 is 0. The van der Waals surface area contributed by atoms with Crippen molar-refractivity contribution >= 4 is 17.7 Å². The second-order valence-electron chi connectivity index (χ2n) is 5.34. The highest BCUT2D eigenvalue weighted by molar-refractivity contribution is 5.79. The fourth-order valence-electron chi connectivity index (χ4n) is 2.90. The first-order chi connectivity index (χ1) is 9.65. The van der Waals surface area contributed by atoms with E-state index in [2.05, 4.69) is 11.8 Å². The van der Waals surface area contributed by atoms with E-state index in [1.165, 1.54) is 18.9 Å². The zero-order valence-electron chi connectivity index (χ0n) is 11.7. The predicted molar refractivity (Wildman–Crippen MR) is 78.3 cm³/mol. The van der Waals surface area contributed by atoms with Gasteiger partial charge >= 0.3 is 0 Å². The van der Waals surface area contributed by atoms with Gasteiger partial charge in [0.15, 0.2) is 0 Å². The molecule has 1 fully saturated rings. The van der Waals surface area contributed by atoms with Gasteiger partial charge in [0.2, 0.25) is 0 Å². The molecule has 1 aliphatic rings. The summed E-state index contributed by atoms with van der Waals surface area (Å²) in [6.07, 6.45) is 5.24.